The van der Waals surface area contributed by atoms with Gasteiger partial charge in [0.15, 0.2) is 5.76 Å². The summed E-state index contributed by atoms with van der Waals surface area (Å²) in [5.74, 6) is 2.14. The van der Waals surface area contributed by atoms with E-state index >= 15 is 0 Å². The number of carbonyl (C=O) groups excluding carboxylic acids is 1. The molecule has 0 saturated carbocycles. The molecule has 0 atom stereocenters. The van der Waals surface area contributed by atoms with Gasteiger partial charge in [0, 0.05) is 10.5 Å². The van der Waals surface area contributed by atoms with Crippen LogP contribution >= 0.6 is 15.9 Å². The van der Waals surface area contributed by atoms with Crippen molar-refractivity contribution in [3.05, 3.63) is 93.7 Å². The zero-order valence-electron chi connectivity index (χ0n) is 15.1. The third-order valence-corrected chi connectivity index (χ3v) is 4.85. The number of allylic oxidation sites excluding steroid dienone is 1. The van der Waals surface area contributed by atoms with Gasteiger partial charge in [0.1, 0.15) is 23.9 Å². The number of methoxy groups -OCH3 is 1. The molecule has 0 N–H and O–H groups in total. The topological polar surface area (TPSA) is 44.8 Å². The van der Waals surface area contributed by atoms with Crippen molar-refractivity contribution >= 4 is 27.8 Å². The van der Waals surface area contributed by atoms with Crippen molar-refractivity contribution in [1.82, 2.24) is 0 Å². The highest BCUT2D eigenvalue weighted by Gasteiger charge is 2.27. The fourth-order valence-electron chi connectivity index (χ4n) is 2.89. The molecule has 0 aromatic heterocycles. The van der Waals surface area contributed by atoms with E-state index in [1.165, 1.54) is 0 Å². The lowest BCUT2D eigenvalue weighted by atomic mass is 10.1. The smallest absolute Gasteiger partial charge is 0.231 e. The van der Waals surface area contributed by atoms with Gasteiger partial charge in [-0.3, -0.25) is 4.79 Å². The standard InChI is InChI=1S/C23H17BrO4/c1-26-18-7-5-15(6-8-18)14-27-19-9-10-20-21(13-19)28-22(23(20)25)12-16-3-2-4-17(24)11-16/h2-13H,14H2,1H3/b22-12-. The summed E-state index contributed by atoms with van der Waals surface area (Å²) in [5.41, 5.74) is 2.45. The molecule has 4 nitrogen and oxygen atoms in total. The number of Topliss-reactive ketones (excluding diaryl/α,β-unsaturated/α-hetero) is 1. The lowest BCUT2D eigenvalue weighted by Crippen LogP contribution is -1.98. The van der Waals surface area contributed by atoms with E-state index in [2.05, 4.69) is 15.9 Å². The Balaban J connectivity index is 1.48. The number of halogens is 1. The highest BCUT2D eigenvalue weighted by atomic mass is 79.9. The Labute approximate surface area is 171 Å². The Morgan fingerprint density at radius 2 is 1.79 bits per heavy atom. The second-order valence-electron chi connectivity index (χ2n) is 6.29. The zero-order chi connectivity index (χ0) is 19.5. The zero-order valence-corrected chi connectivity index (χ0v) is 16.7. The van der Waals surface area contributed by atoms with Crippen LogP contribution in [0.3, 0.4) is 0 Å². The van der Waals surface area contributed by atoms with Crippen LogP contribution in [0.2, 0.25) is 0 Å². The summed E-state index contributed by atoms with van der Waals surface area (Å²) >= 11 is 3.43. The van der Waals surface area contributed by atoms with Crippen LogP contribution < -0.4 is 14.2 Å². The van der Waals surface area contributed by atoms with E-state index in [9.17, 15) is 4.79 Å². The molecule has 4 rings (SSSR count). The summed E-state index contributed by atoms with van der Waals surface area (Å²) in [6.07, 6.45) is 1.74. The van der Waals surface area contributed by atoms with Gasteiger partial charge < -0.3 is 14.2 Å². The van der Waals surface area contributed by atoms with Crippen LogP contribution in [0, 0.1) is 0 Å². The van der Waals surface area contributed by atoms with E-state index < -0.39 is 0 Å². The van der Waals surface area contributed by atoms with Crippen LogP contribution in [0.5, 0.6) is 17.2 Å². The van der Waals surface area contributed by atoms with Gasteiger partial charge in [-0.1, -0.05) is 40.2 Å². The first-order valence-corrected chi connectivity index (χ1v) is 9.51. The Bertz CT molecular complexity index is 1050. The number of rotatable bonds is 5. The molecule has 0 fully saturated rings. The number of hydrogen-bond donors (Lipinski definition) is 0. The minimum Gasteiger partial charge on any atom is -0.497 e. The molecule has 0 aliphatic carbocycles. The normalized spacial score (nSPS) is 13.9. The SMILES string of the molecule is COc1ccc(COc2ccc3c(c2)O/C(=C\c2cccc(Br)c2)C3=O)cc1. The highest BCUT2D eigenvalue weighted by Crippen LogP contribution is 2.35. The van der Waals surface area contributed by atoms with Crippen LogP contribution in [-0.2, 0) is 6.61 Å². The minimum atomic E-state index is -0.128. The summed E-state index contributed by atoms with van der Waals surface area (Å²) in [4.78, 5) is 12.6. The van der Waals surface area contributed by atoms with Crippen molar-refractivity contribution in [3.63, 3.8) is 0 Å². The van der Waals surface area contributed by atoms with Gasteiger partial charge in [0.2, 0.25) is 5.78 Å². The molecule has 1 aliphatic rings. The van der Waals surface area contributed by atoms with E-state index in [4.69, 9.17) is 14.2 Å². The summed E-state index contributed by atoms with van der Waals surface area (Å²) in [6, 6.07) is 20.6. The second kappa shape index (κ2) is 7.90. The first kappa shape index (κ1) is 18.3. The summed E-state index contributed by atoms with van der Waals surface area (Å²) in [6.45, 7) is 0.414. The van der Waals surface area contributed by atoms with E-state index in [1.807, 2.05) is 48.5 Å². The van der Waals surface area contributed by atoms with Gasteiger partial charge in [-0.25, -0.2) is 0 Å². The largest absolute Gasteiger partial charge is 0.497 e. The van der Waals surface area contributed by atoms with Crippen molar-refractivity contribution in [3.8, 4) is 17.2 Å². The average Bonchev–Trinajstić information content (AvgIpc) is 3.01. The lowest BCUT2D eigenvalue weighted by molar-refractivity contribution is 0.101. The molecule has 28 heavy (non-hydrogen) atoms. The molecule has 1 aliphatic heterocycles. The molecule has 0 amide bonds. The number of ketones is 1. The lowest BCUT2D eigenvalue weighted by Gasteiger charge is -2.08. The van der Waals surface area contributed by atoms with Gasteiger partial charge in [-0.05, 0) is 53.6 Å². The van der Waals surface area contributed by atoms with Gasteiger partial charge in [-0.2, -0.15) is 0 Å². The molecule has 140 valence electrons. The summed E-state index contributed by atoms with van der Waals surface area (Å²) < 4.78 is 17.7. The second-order valence-corrected chi connectivity index (χ2v) is 7.21. The van der Waals surface area contributed by atoms with E-state index in [0.717, 1.165) is 21.3 Å². The number of benzene rings is 3. The highest BCUT2D eigenvalue weighted by molar-refractivity contribution is 9.10. The molecule has 0 bridgehead atoms. The third kappa shape index (κ3) is 3.94. The summed E-state index contributed by atoms with van der Waals surface area (Å²) in [5, 5.41) is 0. The number of fused-ring (bicyclic) bond motifs is 1. The first-order valence-electron chi connectivity index (χ1n) is 8.72. The van der Waals surface area contributed by atoms with Gasteiger partial charge in [0.05, 0.1) is 12.7 Å². The summed E-state index contributed by atoms with van der Waals surface area (Å²) in [7, 11) is 1.64. The molecule has 0 radical (unpaired) electrons. The van der Waals surface area contributed by atoms with E-state index in [1.54, 1.807) is 31.4 Å². The van der Waals surface area contributed by atoms with Crippen molar-refractivity contribution in [2.75, 3.05) is 7.11 Å². The van der Waals surface area contributed by atoms with Crippen molar-refractivity contribution in [2.45, 2.75) is 6.61 Å². The molecule has 3 aromatic rings. The van der Waals surface area contributed by atoms with Crippen molar-refractivity contribution < 1.29 is 19.0 Å². The fraction of sp³-hybridized carbons (Fsp3) is 0.0870. The van der Waals surface area contributed by atoms with Crippen molar-refractivity contribution in [1.29, 1.82) is 0 Å². The van der Waals surface area contributed by atoms with E-state index in [0.29, 0.717) is 29.4 Å². The molecule has 0 unspecified atom stereocenters. The molecule has 5 heteroatoms. The first-order chi connectivity index (χ1) is 13.6. The maximum Gasteiger partial charge on any atom is 0.231 e. The maximum absolute atomic E-state index is 12.6. The Morgan fingerprint density at radius 3 is 2.54 bits per heavy atom. The van der Waals surface area contributed by atoms with Crippen LogP contribution in [0.1, 0.15) is 21.5 Å². The predicted octanol–water partition coefficient (Wildman–Crippen LogP) is 5.65. The molecule has 0 saturated heterocycles. The molecular weight excluding hydrogens is 420 g/mol. The predicted molar refractivity (Wildman–Crippen MR) is 111 cm³/mol. The van der Waals surface area contributed by atoms with Crippen LogP contribution in [0.4, 0.5) is 0 Å². The Hall–Kier alpha value is -3.05. The Kier molecular flexibility index (Phi) is 5.17. The molecular formula is C23H17BrO4. The third-order valence-electron chi connectivity index (χ3n) is 4.35. The fourth-order valence-corrected chi connectivity index (χ4v) is 3.31. The molecule has 3 aromatic carbocycles. The monoisotopic (exact) mass is 436 g/mol. The quantitative estimate of drug-likeness (QED) is 0.484. The average molecular weight is 437 g/mol. The van der Waals surface area contributed by atoms with Gasteiger partial charge >= 0.3 is 0 Å². The number of hydrogen-bond acceptors (Lipinski definition) is 4. The number of carbonyl (C=O) groups is 1. The van der Waals surface area contributed by atoms with Crippen LogP contribution in [0.15, 0.2) is 77.0 Å². The molecule has 0 spiro atoms. The minimum absolute atomic E-state index is 0.128. The van der Waals surface area contributed by atoms with Crippen molar-refractivity contribution in [2.24, 2.45) is 0 Å². The van der Waals surface area contributed by atoms with Crippen LogP contribution in [0.25, 0.3) is 6.08 Å². The van der Waals surface area contributed by atoms with Gasteiger partial charge in [-0.15, -0.1) is 0 Å². The molecule has 1 heterocycles. The number of ether oxygens (including phenoxy) is 3. The van der Waals surface area contributed by atoms with Gasteiger partial charge in [0.25, 0.3) is 0 Å². The van der Waals surface area contributed by atoms with Crippen LogP contribution in [-0.4, -0.2) is 12.9 Å². The van der Waals surface area contributed by atoms with E-state index in [-0.39, 0.29) is 5.78 Å². The Morgan fingerprint density at radius 1 is 1.00 bits per heavy atom. The maximum atomic E-state index is 12.6.